The molecule has 3 N–H and O–H groups in total. The molecule has 0 atom stereocenters. The highest BCUT2D eigenvalue weighted by Crippen LogP contribution is 2.26. The maximum atomic E-state index is 8.72. The summed E-state index contributed by atoms with van der Waals surface area (Å²) in [7, 11) is 0. The van der Waals surface area contributed by atoms with Gasteiger partial charge in [-0.3, -0.25) is 0 Å². The second-order valence-corrected chi connectivity index (χ2v) is 4.26. The molecule has 1 aromatic heterocycles. The standard InChI is InChI=1S/C13H12ClN3O2/c1-8-7-9(4-5-11(8)14)19-13-10(12(15)17-18)3-2-6-16-13/h2-7,18H,1H3,(H2,15,17). The number of nitrogens with two attached hydrogens (primary N) is 1. The molecule has 0 aliphatic heterocycles. The van der Waals surface area contributed by atoms with Gasteiger partial charge in [-0.25, -0.2) is 4.98 Å². The minimum atomic E-state index is -0.0613. The van der Waals surface area contributed by atoms with Gasteiger partial charge in [0.05, 0.1) is 5.56 Å². The van der Waals surface area contributed by atoms with E-state index in [1.807, 2.05) is 6.92 Å². The lowest BCUT2D eigenvalue weighted by Gasteiger charge is -2.09. The summed E-state index contributed by atoms with van der Waals surface area (Å²) < 4.78 is 5.63. The Kier molecular flexibility index (Phi) is 3.87. The molecule has 6 heteroatoms. The summed E-state index contributed by atoms with van der Waals surface area (Å²) in [6.07, 6.45) is 1.56. The van der Waals surface area contributed by atoms with Crippen molar-refractivity contribution in [1.82, 2.24) is 4.98 Å². The highest BCUT2D eigenvalue weighted by molar-refractivity contribution is 6.31. The quantitative estimate of drug-likeness (QED) is 0.391. The fourth-order valence-electron chi connectivity index (χ4n) is 1.51. The maximum absolute atomic E-state index is 8.72. The molecular weight excluding hydrogens is 266 g/mol. The Morgan fingerprint density at radius 2 is 2.21 bits per heavy atom. The number of ether oxygens (including phenoxy) is 1. The summed E-state index contributed by atoms with van der Waals surface area (Å²) in [6.45, 7) is 1.87. The van der Waals surface area contributed by atoms with E-state index in [2.05, 4.69) is 10.1 Å². The average Bonchev–Trinajstić information content (AvgIpc) is 2.43. The van der Waals surface area contributed by atoms with E-state index in [0.29, 0.717) is 16.3 Å². The first-order valence-corrected chi connectivity index (χ1v) is 5.86. The summed E-state index contributed by atoms with van der Waals surface area (Å²) in [5, 5.41) is 12.3. The smallest absolute Gasteiger partial charge is 0.230 e. The van der Waals surface area contributed by atoms with Crippen LogP contribution < -0.4 is 10.5 Å². The van der Waals surface area contributed by atoms with Crippen LogP contribution >= 0.6 is 11.6 Å². The normalized spacial score (nSPS) is 11.4. The Morgan fingerprint density at radius 3 is 2.89 bits per heavy atom. The molecule has 0 bridgehead atoms. The summed E-state index contributed by atoms with van der Waals surface area (Å²) in [5.74, 6) is 0.779. The minimum absolute atomic E-state index is 0.0613. The van der Waals surface area contributed by atoms with Crippen LogP contribution in [0, 0.1) is 6.92 Å². The van der Waals surface area contributed by atoms with E-state index in [4.69, 9.17) is 27.3 Å². The SMILES string of the molecule is Cc1cc(Oc2ncccc2/C(N)=N/O)ccc1Cl. The highest BCUT2D eigenvalue weighted by atomic mass is 35.5. The molecule has 0 spiro atoms. The molecule has 0 radical (unpaired) electrons. The van der Waals surface area contributed by atoms with Crippen molar-refractivity contribution in [2.24, 2.45) is 10.9 Å². The van der Waals surface area contributed by atoms with Gasteiger partial charge in [-0.2, -0.15) is 0 Å². The van der Waals surface area contributed by atoms with Gasteiger partial charge in [-0.15, -0.1) is 0 Å². The number of hydrogen-bond acceptors (Lipinski definition) is 4. The van der Waals surface area contributed by atoms with Gasteiger partial charge < -0.3 is 15.7 Å². The van der Waals surface area contributed by atoms with Gasteiger partial charge in [0.25, 0.3) is 0 Å². The van der Waals surface area contributed by atoms with Crippen LogP contribution in [0.2, 0.25) is 5.02 Å². The van der Waals surface area contributed by atoms with Crippen molar-refractivity contribution in [2.45, 2.75) is 6.92 Å². The molecule has 0 aliphatic rings. The zero-order chi connectivity index (χ0) is 13.8. The van der Waals surface area contributed by atoms with Crippen molar-refractivity contribution in [3.05, 3.63) is 52.7 Å². The Labute approximate surface area is 115 Å². The molecule has 19 heavy (non-hydrogen) atoms. The molecule has 0 fully saturated rings. The maximum Gasteiger partial charge on any atom is 0.230 e. The molecule has 2 aromatic rings. The van der Waals surface area contributed by atoms with Gasteiger partial charge in [0, 0.05) is 11.2 Å². The molecule has 0 saturated heterocycles. The van der Waals surface area contributed by atoms with Crippen LogP contribution in [0.5, 0.6) is 11.6 Å². The van der Waals surface area contributed by atoms with Crippen molar-refractivity contribution in [3.63, 3.8) is 0 Å². The van der Waals surface area contributed by atoms with Crippen LogP contribution in [-0.4, -0.2) is 16.0 Å². The third kappa shape index (κ3) is 2.95. The molecule has 5 nitrogen and oxygen atoms in total. The molecule has 2 rings (SSSR count). The van der Waals surface area contributed by atoms with Gasteiger partial charge in [-0.05, 0) is 42.8 Å². The number of halogens is 1. The van der Waals surface area contributed by atoms with Crippen LogP contribution in [0.1, 0.15) is 11.1 Å². The van der Waals surface area contributed by atoms with E-state index >= 15 is 0 Å². The topological polar surface area (TPSA) is 80.7 Å². The van der Waals surface area contributed by atoms with Gasteiger partial charge in [0.2, 0.25) is 5.88 Å². The molecule has 0 amide bonds. The first-order chi connectivity index (χ1) is 9.11. The Bertz CT molecular complexity index is 629. The number of benzene rings is 1. The van der Waals surface area contributed by atoms with Gasteiger partial charge in [0.1, 0.15) is 5.75 Å². The predicted molar refractivity (Wildman–Crippen MR) is 73.0 cm³/mol. The fraction of sp³-hybridized carbons (Fsp3) is 0.0769. The number of hydrogen-bond donors (Lipinski definition) is 2. The fourth-order valence-corrected chi connectivity index (χ4v) is 1.63. The van der Waals surface area contributed by atoms with Crippen LogP contribution in [0.15, 0.2) is 41.7 Å². The third-order valence-electron chi connectivity index (χ3n) is 2.50. The van der Waals surface area contributed by atoms with Crippen LogP contribution in [0.25, 0.3) is 0 Å². The molecule has 0 aliphatic carbocycles. The van der Waals surface area contributed by atoms with Crippen molar-refractivity contribution >= 4 is 17.4 Å². The number of aromatic nitrogens is 1. The van der Waals surface area contributed by atoms with E-state index in [1.165, 1.54) is 0 Å². The van der Waals surface area contributed by atoms with Crippen molar-refractivity contribution in [2.75, 3.05) is 0 Å². The second-order valence-electron chi connectivity index (χ2n) is 3.85. The van der Waals surface area contributed by atoms with Crippen molar-refractivity contribution in [3.8, 4) is 11.6 Å². The molecule has 0 unspecified atom stereocenters. The number of aryl methyl sites for hydroxylation is 1. The zero-order valence-corrected chi connectivity index (χ0v) is 10.9. The molecule has 1 heterocycles. The summed E-state index contributed by atoms with van der Waals surface area (Å²) in [5.41, 5.74) is 6.87. The lowest BCUT2D eigenvalue weighted by Crippen LogP contribution is -2.14. The molecular formula is C13H12ClN3O2. The third-order valence-corrected chi connectivity index (χ3v) is 2.92. The average molecular weight is 278 g/mol. The van der Waals surface area contributed by atoms with E-state index < -0.39 is 0 Å². The number of rotatable bonds is 3. The van der Waals surface area contributed by atoms with E-state index in [1.54, 1.807) is 36.5 Å². The van der Waals surface area contributed by atoms with Gasteiger partial charge >= 0.3 is 0 Å². The Morgan fingerprint density at radius 1 is 1.42 bits per heavy atom. The molecule has 1 aromatic carbocycles. The first-order valence-electron chi connectivity index (χ1n) is 5.48. The lowest BCUT2D eigenvalue weighted by atomic mass is 10.2. The predicted octanol–water partition coefficient (Wildman–Crippen LogP) is 2.93. The minimum Gasteiger partial charge on any atom is -0.438 e. The molecule has 98 valence electrons. The first kappa shape index (κ1) is 13.2. The van der Waals surface area contributed by atoms with Gasteiger partial charge in [-0.1, -0.05) is 16.8 Å². The summed E-state index contributed by atoms with van der Waals surface area (Å²) in [6, 6.07) is 8.57. The number of nitrogens with zero attached hydrogens (tertiary/aromatic N) is 2. The second kappa shape index (κ2) is 5.58. The number of amidine groups is 1. The monoisotopic (exact) mass is 277 g/mol. The van der Waals surface area contributed by atoms with E-state index in [9.17, 15) is 0 Å². The van der Waals surface area contributed by atoms with Crippen molar-refractivity contribution in [1.29, 1.82) is 0 Å². The van der Waals surface area contributed by atoms with Crippen LogP contribution in [0.4, 0.5) is 0 Å². The van der Waals surface area contributed by atoms with Crippen LogP contribution in [-0.2, 0) is 0 Å². The largest absolute Gasteiger partial charge is 0.438 e. The lowest BCUT2D eigenvalue weighted by molar-refractivity contribution is 0.318. The highest BCUT2D eigenvalue weighted by Gasteiger charge is 2.10. The summed E-state index contributed by atoms with van der Waals surface area (Å²) >= 11 is 5.94. The van der Waals surface area contributed by atoms with Crippen molar-refractivity contribution < 1.29 is 9.94 Å². The van der Waals surface area contributed by atoms with E-state index in [0.717, 1.165) is 5.56 Å². The zero-order valence-electron chi connectivity index (χ0n) is 10.2. The Hall–Kier alpha value is -2.27. The van der Waals surface area contributed by atoms with Gasteiger partial charge in [0.15, 0.2) is 5.84 Å². The Balaban J connectivity index is 2.35. The number of oxime groups is 1. The summed E-state index contributed by atoms with van der Waals surface area (Å²) in [4.78, 5) is 4.07. The molecule has 0 saturated carbocycles. The number of pyridine rings is 1. The van der Waals surface area contributed by atoms with E-state index in [-0.39, 0.29) is 11.7 Å². The van der Waals surface area contributed by atoms with Crippen LogP contribution in [0.3, 0.4) is 0 Å².